The van der Waals surface area contributed by atoms with Crippen molar-refractivity contribution in [3.8, 4) is 0 Å². The third-order valence-electron chi connectivity index (χ3n) is 5.84. The first kappa shape index (κ1) is 20.4. The van der Waals surface area contributed by atoms with Gasteiger partial charge < -0.3 is 14.5 Å². The van der Waals surface area contributed by atoms with Crippen molar-refractivity contribution in [1.29, 1.82) is 0 Å². The van der Waals surface area contributed by atoms with E-state index in [4.69, 9.17) is 9.57 Å². The van der Waals surface area contributed by atoms with Gasteiger partial charge in [-0.25, -0.2) is 9.59 Å². The topological polar surface area (TPSA) is 93.2 Å². The van der Waals surface area contributed by atoms with E-state index >= 15 is 0 Å². The van der Waals surface area contributed by atoms with Gasteiger partial charge in [-0.05, 0) is 64.5 Å². The lowest BCUT2D eigenvalue weighted by atomic mass is 9.88. The van der Waals surface area contributed by atoms with Gasteiger partial charge in [0.05, 0.1) is 17.5 Å². The number of rotatable bonds is 3. The van der Waals surface area contributed by atoms with Crippen LogP contribution >= 0.6 is 0 Å². The number of hydrogen-bond acceptors (Lipinski definition) is 6. The summed E-state index contributed by atoms with van der Waals surface area (Å²) in [4.78, 5) is 56.7. The van der Waals surface area contributed by atoms with Gasteiger partial charge in [-0.3, -0.25) is 9.59 Å². The molecule has 0 saturated carbocycles. The zero-order chi connectivity index (χ0) is 21.6. The summed E-state index contributed by atoms with van der Waals surface area (Å²) in [6.07, 6.45) is 2.91. The van der Waals surface area contributed by atoms with Crippen molar-refractivity contribution < 1.29 is 28.8 Å². The van der Waals surface area contributed by atoms with Gasteiger partial charge in [0.25, 0.3) is 11.8 Å². The van der Waals surface area contributed by atoms with Crippen LogP contribution in [0, 0.1) is 5.92 Å². The van der Waals surface area contributed by atoms with Crippen LogP contribution in [0.25, 0.3) is 0 Å². The Morgan fingerprint density at radius 1 is 1.00 bits per heavy atom. The smallest absolute Gasteiger partial charge is 0.410 e. The lowest BCUT2D eigenvalue weighted by Gasteiger charge is -2.39. The Bertz CT molecular complexity index is 856. The van der Waals surface area contributed by atoms with Crippen molar-refractivity contribution >= 4 is 23.9 Å². The van der Waals surface area contributed by atoms with E-state index in [0.717, 1.165) is 12.8 Å². The molecule has 3 aliphatic rings. The van der Waals surface area contributed by atoms with E-state index in [1.807, 2.05) is 25.7 Å². The first-order chi connectivity index (χ1) is 14.1. The SMILES string of the molecule is CC(C)(C)OC(=O)N1C2CCC1CC(CC(=O)ON1C(=O)c3ccccc3C1=O)C2. The molecule has 0 aliphatic carbocycles. The molecule has 8 heteroatoms. The molecule has 2 fully saturated rings. The predicted molar refractivity (Wildman–Crippen MR) is 105 cm³/mol. The van der Waals surface area contributed by atoms with Crippen LogP contribution in [0.1, 0.15) is 73.6 Å². The number of hydroxylamine groups is 2. The van der Waals surface area contributed by atoms with E-state index in [0.29, 0.717) is 17.9 Å². The third-order valence-corrected chi connectivity index (χ3v) is 5.84. The normalized spacial score (nSPS) is 25.4. The number of fused-ring (bicyclic) bond motifs is 3. The number of nitrogens with zero attached hydrogens (tertiary/aromatic N) is 2. The number of imide groups is 1. The van der Waals surface area contributed by atoms with Crippen molar-refractivity contribution in [3.05, 3.63) is 35.4 Å². The Morgan fingerprint density at radius 3 is 2.03 bits per heavy atom. The number of piperidine rings is 1. The van der Waals surface area contributed by atoms with Gasteiger partial charge in [0.2, 0.25) is 0 Å². The van der Waals surface area contributed by atoms with E-state index in [9.17, 15) is 19.2 Å². The number of carbonyl (C=O) groups is 4. The molecule has 2 unspecified atom stereocenters. The minimum absolute atomic E-state index is 0.0314. The van der Waals surface area contributed by atoms with E-state index in [1.54, 1.807) is 12.1 Å². The standard InChI is InChI=1S/C22H26N2O6/c1-22(2,3)29-21(28)23-14-8-9-15(23)11-13(10-14)12-18(25)30-24-19(26)16-6-4-5-7-17(16)20(24)27/h4-7,13-15H,8-12H2,1-3H3. The quantitative estimate of drug-likeness (QED) is 0.705. The van der Waals surface area contributed by atoms with Gasteiger partial charge >= 0.3 is 12.1 Å². The summed E-state index contributed by atoms with van der Waals surface area (Å²) in [6, 6.07) is 6.46. The highest BCUT2D eigenvalue weighted by Gasteiger charge is 2.46. The second-order valence-electron chi connectivity index (χ2n) is 9.23. The van der Waals surface area contributed by atoms with Crippen LogP contribution in [0.3, 0.4) is 0 Å². The lowest BCUT2D eigenvalue weighted by Crippen LogP contribution is -2.48. The second kappa shape index (κ2) is 7.41. The fourth-order valence-corrected chi connectivity index (χ4v) is 4.69. The number of carbonyl (C=O) groups excluding carboxylic acids is 4. The molecule has 0 N–H and O–H groups in total. The molecule has 2 saturated heterocycles. The summed E-state index contributed by atoms with van der Waals surface area (Å²) >= 11 is 0. The maximum absolute atomic E-state index is 12.5. The van der Waals surface area contributed by atoms with Gasteiger partial charge in [0.15, 0.2) is 0 Å². The van der Waals surface area contributed by atoms with Crippen molar-refractivity contribution in [1.82, 2.24) is 9.96 Å². The molecule has 4 rings (SSSR count). The van der Waals surface area contributed by atoms with E-state index < -0.39 is 23.4 Å². The molecule has 2 atom stereocenters. The monoisotopic (exact) mass is 414 g/mol. The van der Waals surface area contributed by atoms with Gasteiger partial charge in [-0.15, -0.1) is 0 Å². The van der Waals surface area contributed by atoms with Crippen LogP contribution in [0.2, 0.25) is 0 Å². The Kier molecular flexibility index (Phi) is 5.03. The van der Waals surface area contributed by atoms with Gasteiger partial charge in [0.1, 0.15) is 5.60 Å². The molecular formula is C22H26N2O6. The summed E-state index contributed by atoms with van der Waals surface area (Å²) in [6.45, 7) is 5.53. The fourth-order valence-electron chi connectivity index (χ4n) is 4.69. The predicted octanol–water partition coefficient (Wildman–Crippen LogP) is 3.31. The molecule has 3 heterocycles. The molecule has 8 nitrogen and oxygen atoms in total. The Balaban J connectivity index is 1.35. The molecule has 2 bridgehead atoms. The number of ether oxygens (including phenoxy) is 1. The van der Waals surface area contributed by atoms with Crippen LogP contribution in [-0.4, -0.2) is 51.5 Å². The summed E-state index contributed by atoms with van der Waals surface area (Å²) in [7, 11) is 0. The average molecular weight is 414 g/mol. The van der Waals surface area contributed by atoms with Crippen LogP contribution < -0.4 is 0 Å². The first-order valence-electron chi connectivity index (χ1n) is 10.3. The van der Waals surface area contributed by atoms with Crippen LogP contribution in [0.4, 0.5) is 4.79 Å². The summed E-state index contributed by atoms with van der Waals surface area (Å²) in [5.74, 6) is -1.82. The van der Waals surface area contributed by atoms with Crippen LogP contribution in [0.5, 0.6) is 0 Å². The molecule has 3 aliphatic heterocycles. The van der Waals surface area contributed by atoms with Crippen molar-refractivity contribution in [2.24, 2.45) is 5.92 Å². The van der Waals surface area contributed by atoms with Gasteiger partial charge in [-0.2, -0.15) is 0 Å². The molecule has 3 amide bonds. The van der Waals surface area contributed by atoms with Gasteiger partial charge in [0, 0.05) is 12.1 Å². The molecule has 0 aromatic heterocycles. The Morgan fingerprint density at radius 2 is 1.53 bits per heavy atom. The van der Waals surface area contributed by atoms with Crippen LogP contribution in [-0.2, 0) is 14.4 Å². The van der Waals surface area contributed by atoms with E-state index in [2.05, 4.69) is 0 Å². The molecule has 0 spiro atoms. The zero-order valence-electron chi connectivity index (χ0n) is 17.4. The highest BCUT2D eigenvalue weighted by molar-refractivity contribution is 6.20. The number of hydrogen-bond donors (Lipinski definition) is 0. The molecular weight excluding hydrogens is 388 g/mol. The zero-order valence-corrected chi connectivity index (χ0v) is 17.4. The van der Waals surface area contributed by atoms with Crippen molar-refractivity contribution in [3.63, 3.8) is 0 Å². The Labute approximate surface area is 175 Å². The largest absolute Gasteiger partial charge is 0.444 e. The minimum Gasteiger partial charge on any atom is -0.444 e. The highest BCUT2D eigenvalue weighted by Crippen LogP contribution is 2.41. The summed E-state index contributed by atoms with van der Waals surface area (Å²) in [5, 5.41) is 0.553. The first-order valence-corrected chi connectivity index (χ1v) is 10.3. The van der Waals surface area contributed by atoms with Crippen molar-refractivity contribution in [2.75, 3.05) is 0 Å². The molecule has 0 radical (unpaired) electrons. The van der Waals surface area contributed by atoms with Crippen molar-refractivity contribution in [2.45, 2.75) is 70.6 Å². The molecule has 30 heavy (non-hydrogen) atoms. The average Bonchev–Trinajstić information content (AvgIpc) is 3.07. The summed E-state index contributed by atoms with van der Waals surface area (Å²) in [5.41, 5.74) is -0.0816. The molecule has 1 aromatic carbocycles. The van der Waals surface area contributed by atoms with Crippen LogP contribution in [0.15, 0.2) is 24.3 Å². The van der Waals surface area contributed by atoms with Gasteiger partial charge in [-0.1, -0.05) is 17.2 Å². The maximum atomic E-state index is 12.5. The molecule has 1 aromatic rings. The number of amides is 3. The minimum atomic E-state index is -0.622. The van der Waals surface area contributed by atoms with E-state index in [-0.39, 0.29) is 41.6 Å². The highest BCUT2D eigenvalue weighted by atomic mass is 16.7. The molecule has 160 valence electrons. The lowest BCUT2D eigenvalue weighted by molar-refractivity contribution is -0.170. The maximum Gasteiger partial charge on any atom is 0.410 e. The second-order valence-corrected chi connectivity index (χ2v) is 9.23. The Hall–Kier alpha value is -2.90. The number of benzene rings is 1. The fraction of sp³-hybridized carbons (Fsp3) is 0.545. The third kappa shape index (κ3) is 3.78. The summed E-state index contributed by atoms with van der Waals surface area (Å²) < 4.78 is 5.53. The van der Waals surface area contributed by atoms with E-state index in [1.165, 1.54) is 12.1 Å².